The van der Waals surface area contributed by atoms with Crippen molar-refractivity contribution < 1.29 is 19.0 Å². The maximum absolute atomic E-state index is 12.1. The molecule has 0 spiro atoms. The lowest BCUT2D eigenvalue weighted by Gasteiger charge is -2.10. The summed E-state index contributed by atoms with van der Waals surface area (Å²) in [5, 5.41) is 5.63. The van der Waals surface area contributed by atoms with E-state index < -0.39 is 0 Å². The molecule has 0 radical (unpaired) electrons. The minimum absolute atomic E-state index is 0.322. The maximum atomic E-state index is 12.1. The predicted octanol–water partition coefficient (Wildman–Crippen LogP) is 3.37. The van der Waals surface area contributed by atoms with E-state index in [1.165, 1.54) is 17.7 Å². The number of esters is 1. The van der Waals surface area contributed by atoms with Crippen LogP contribution in [0.2, 0.25) is 0 Å². The van der Waals surface area contributed by atoms with Crippen molar-refractivity contribution in [3.8, 4) is 11.5 Å². The molecule has 0 fully saturated rings. The Labute approximate surface area is 154 Å². The third kappa shape index (κ3) is 4.02. The molecule has 0 aliphatic heterocycles. The van der Waals surface area contributed by atoms with Crippen molar-refractivity contribution in [3.05, 3.63) is 41.5 Å². The molecule has 26 heavy (non-hydrogen) atoms. The Balaban J connectivity index is 1.64. The topological polar surface area (TPSA) is 82.6 Å². The van der Waals surface area contributed by atoms with Gasteiger partial charge in [0.1, 0.15) is 35.1 Å². The zero-order valence-electron chi connectivity index (χ0n) is 14.5. The summed E-state index contributed by atoms with van der Waals surface area (Å²) in [5.41, 5.74) is 0.478. The number of hydrogen-bond donors (Lipinski definition) is 1. The van der Waals surface area contributed by atoms with E-state index in [2.05, 4.69) is 15.3 Å². The minimum Gasteiger partial charge on any atom is -0.497 e. The van der Waals surface area contributed by atoms with Gasteiger partial charge in [-0.25, -0.2) is 14.8 Å². The van der Waals surface area contributed by atoms with Crippen molar-refractivity contribution in [3.63, 3.8) is 0 Å². The summed E-state index contributed by atoms with van der Waals surface area (Å²) in [6.45, 7) is 3.06. The van der Waals surface area contributed by atoms with E-state index in [1.54, 1.807) is 19.4 Å². The third-order valence-electron chi connectivity index (χ3n) is 3.59. The highest BCUT2D eigenvalue weighted by Gasteiger charge is 2.18. The Morgan fingerprint density at radius 3 is 2.69 bits per heavy atom. The molecule has 3 aromatic rings. The van der Waals surface area contributed by atoms with Crippen molar-refractivity contribution in [2.45, 2.75) is 6.92 Å². The first-order valence-corrected chi connectivity index (χ1v) is 9.01. The first-order valence-electron chi connectivity index (χ1n) is 8.13. The summed E-state index contributed by atoms with van der Waals surface area (Å²) in [4.78, 5) is 21.3. The van der Waals surface area contributed by atoms with Gasteiger partial charge in [0.15, 0.2) is 0 Å². The van der Waals surface area contributed by atoms with Gasteiger partial charge in [-0.3, -0.25) is 0 Å². The Hall–Kier alpha value is -2.87. The average molecular weight is 373 g/mol. The van der Waals surface area contributed by atoms with Crippen LogP contribution in [0.3, 0.4) is 0 Å². The van der Waals surface area contributed by atoms with Crippen molar-refractivity contribution in [2.75, 3.05) is 32.2 Å². The number of aromatic nitrogens is 2. The van der Waals surface area contributed by atoms with Crippen molar-refractivity contribution in [1.29, 1.82) is 0 Å². The largest absolute Gasteiger partial charge is 0.497 e. The van der Waals surface area contributed by atoms with E-state index in [-0.39, 0.29) is 5.97 Å². The molecule has 0 atom stereocenters. The number of nitrogens with zero attached hydrogens (tertiary/aromatic N) is 2. The number of carbonyl (C=O) groups is 1. The second-order valence-electron chi connectivity index (χ2n) is 5.22. The quantitative estimate of drug-likeness (QED) is 0.479. The lowest BCUT2D eigenvalue weighted by Crippen LogP contribution is -2.13. The molecule has 0 aliphatic carbocycles. The van der Waals surface area contributed by atoms with Crippen LogP contribution in [-0.4, -0.2) is 42.8 Å². The summed E-state index contributed by atoms with van der Waals surface area (Å²) >= 11 is 1.39. The highest BCUT2D eigenvalue weighted by molar-refractivity contribution is 7.17. The Morgan fingerprint density at radius 1 is 1.19 bits per heavy atom. The van der Waals surface area contributed by atoms with E-state index in [0.29, 0.717) is 36.5 Å². The second-order valence-corrected chi connectivity index (χ2v) is 6.08. The lowest BCUT2D eigenvalue weighted by atomic mass is 10.2. The summed E-state index contributed by atoms with van der Waals surface area (Å²) in [6, 6.07) is 7.38. The second kappa shape index (κ2) is 8.48. The smallest absolute Gasteiger partial charge is 0.339 e. The number of methoxy groups -OCH3 is 1. The fourth-order valence-corrected chi connectivity index (χ4v) is 3.25. The Bertz CT molecular complexity index is 880. The van der Waals surface area contributed by atoms with Gasteiger partial charge in [0, 0.05) is 5.38 Å². The number of ether oxygens (including phenoxy) is 3. The van der Waals surface area contributed by atoms with E-state index in [9.17, 15) is 4.79 Å². The number of benzene rings is 1. The minimum atomic E-state index is -0.369. The number of anilines is 1. The van der Waals surface area contributed by atoms with Crippen LogP contribution in [0.5, 0.6) is 11.5 Å². The summed E-state index contributed by atoms with van der Waals surface area (Å²) in [7, 11) is 1.62. The average Bonchev–Trinajstić information content (AvgIpc) is 3.11. The van der Waals surface area contributed by atoms with Crippen LogP contribution < -0.4 is 14.8 Å². The molecule has 0 saturated heterocycles. The Kier molecular flexibility index (Phi) is 5.85. The normalized spacial score (nSPS) is 10.5. The molecule has 0 unspecified atom stereocenters. The SMILES string of the molecule is CCOC(=O)c1csc2ncnc(NCCOc3ccc(OC)cc3)c12. The van der Waals surface area contributed by atoms with Crippen molar-refractivity contribution in [2.24, 2.45) is 0 Å². The van der Waals surface area contributed by atoms with Gasteiger partial charge in [0.25, 0.3) is 0 Å². The van der Waals surface area contributed by atoms with Crippen LogP contribution in [0.15, 0.2) is 36.0 Å². The molecule has 1 N–H and O–H groups in total. The molecule has 2 aromatic heterocycles. The number of carbonyl (C=O) groups excluding carboxylic acids is 1. The summed E-state index contributed by atoms with van der Waals surface area (Å²) in [5.74, 6) is 1.76. The maximum Gasteiger partial charge on any atom is 0.339 e. The number of nitrogens with one attached hydrogen (secondary N) is 1. The van der Waals surface area contributed by atoms with Crippen LogP contribution in [-0.2, 0) is 4.74 Å². The first-order chi connectivity index (χ1) is 12.7. The Morgan fingerprint density at radius 2 is 1.96 bits per heavy atom. The van der Waals surface area contributed by atoms with Gasteiger partial charge in [-0.15, -0.1) is 11.3 Å². The molecule has 2 heterocycles. The molecule has 3 rings (SSSR count). The van der Waals surface area contributed by atoms with E-state index in [1.807, 2.05) is 24.3 Å². The fraction of sp³-hybridized carbons (Fsp3) is 0.278. The zero-order chi connectivity index (χ0) is 18.4. The van der Waals surface area contributed by atoms with E-state index in [0.717, 1.165) is 16.3 Å². The molecule has 0 bridgehead atoms. The number of thiophene rings is 1. The molecule has 0 saturated carbocycles. The van der Waals surface area contributed by atoms with Crippen LogP contribution >= 0.6 is 11.3 Å². The molecule has 0 amide bonds. The van der Waals surface area contributed by atoms with Gasteiger partial charge < -0.3 is 19.5 Å². The van der Waals surface area contributed by atoms with Crippen LogP contribution in [0.25, 0.3) is 10.2 Å². The van der Waals surface area contributed by atoms with Gasteiger partial charge >= 0.3 is 5.97 Å². The standard InChI is InChI=1S/C18H19N3O4S/c1-3-24-18(22)14-10-26-17-15(14)16(20-11-21-17)19-8-9-25-13-6-4-12(23-2)5-7-13/h4-7,10-11H,3,8-9H2,1-2H3,(H,19,20,21). The molecule has 136 valence electrons. The summed E-state index contributed by atoms with van der Waals surface area (Å²) in [6.07, 6.45) is 1.47. The van der Waals surface area contributed by atoms with E-state index in [4.69, 9.17) is 14.2 Å². The summed E-state index contributed by atoms with van der Waals surface area (Å²) < 4.78 is 15.9. The zero-order valence-corrected chi connectivity index (χ0v) is 15.3. The lowest BCUT2D eigenvalue weighted by molar-refractivity contribution is 0.0529. The molecular weight excluding hydrogens is 354 g/mol. The van der Waals surface area contributed by atoms with Crippen LogP contribution in [0.1, 0.15) is 17.3 Å². The molecule has 0 aliphatic rings. The van der Waals surface area contributed by atoms with Gasteiger partial charge in [-0.1, -0.05) is 0 Å². The van der Waals surface area contributed by atoms with Gasteiger partial charge in [-0.2, -0.15) is 0 Å². The van der Waals surface area contributed by atoms with Crippen molar-refractivity contribution in [1.82, 2.24) is 9.97 Å². The third-order valence-corrected chi connectivity index (χ3v) is 4.47. The van der Waals surface area contributed by atoms with Gasteiger partial charge in [0.05, 0.1) is 31.2 Å². The first kappa shape index (κ1) is 17.9. The highest BCUT2D eigenvalue weighted by atomic mass is 32.1. The number of fused-ring (bicyclic) bond motifs is 1. The monoisotopic (exact) mass is 373 g/mol. The van der Waals surface area contributed by atoms with Gasteiger partial charge in [0.2, 0.25) is 0 Å². The molecule has 7 nitrogen and oxygen atoms in total. The molecular formula is C18H19N3O4S. The van der Waals surface area contributed by atoms with Crippen LogP contribution in [0.4, 0.5) is 5.82 Å². The molecule has 1 aromatic carbocycles. The highest BCUT2D eigenvalue weighted by Crippen LogP contribution is 2.29. The van der Waals surface area contributed by atoms with Crippen LogP contribution in [0, 0.1) is 0 Å². The van der Waals surface area contributed by atoms with Gasteiger partial charge in [-0.05, 0) is 31.2 Å². The number of rotatable bonds is 8. The number of hydrogen-bond acceptors (Lipinski definition) is 8. The fourth-order valence-electron chi connectivity index (χ4n) is 2.38. The molecule has 8 heteroatoms. The van der Waals surface area contributed by atoms with Crippen molar-refractivity contribution >= 4 is 33.3 Å². The van der Waals surface area contributed by atoms with E-state index >= 15 is 0 Å². The predicted molar refractivity (Wildman–Crippen MR) is 100 cm³/mol.